The lowest BCUT2D eigenvalue weighted by atomic mass is 10.2. The molecule has 22 heavy (non-hydrogen) atoms. The number of aromatic nitrogens is 1. The number of ketones is 1. The number of rotatable bonds is 2. The highest BCUT2D eigenvalue weighted by Crippen LogP contribution is 2.39. The van der Waals surface area contributed by atoms with Crippen molar-refractivity contribution in [2.45, 2.75) is 4.90 Å². The third kappa shape index (κ3) is 2.54. The van der Waals surface area contributed by atoms with Gasteiger partial charge in [-0.2, -0.15) is 4.31 Å². The van der Waals surface area contributed by atoms with E-state index in [9.17, 15) is 14.5 Å². The summed E-state index contributed by atoms with van der Waals surface area (Å²) in [5.74, 6) is -0.473. The van der Waals surface area contributed by atoms with Gasteiger partial charge in [-0.3, -0.25) is 4.79 Å². The molecule has 9 heteroatoms. The predicted octanol–water partition coefficient (Wildman–Crippen LogP) is 2.79. The molecule has 0 aromatic carbocycles. The summed E-state index contributed by atoms with van der Waals surface area (Å²) in [6.07, 6.45) is 1.54. The van der Waals surface area contributed by atoms with Crippen LogP contribution in [0, 0.1) is 0 Å². The number of nitrogens with zero attached hydrogens (tertiary/aromatic N) is 2. The molecule has 0 fully saturated rings. The van der Waals surface area contributed by atoms with Crippen LogP contribution in [0.25, 0.3) is 0 Å². The van der Waals surface area contributed by atoms with Gasteiger partial charge in [-0.05, 0) is 12.1 Å². The smallest absolute Gasteiger partial charge is 0.234 e. The lowest BCUT2D eigenvalue weighted by molar-refractivity contribution is 0.100. The number of allylic oxidation sites excluding steroid dienone is 1. The molecule has 0 amide bonds. The highest BCUT2D eigenvalue weighted by Gasteiger charge is 2.41. The van der Waals surface area contributed by atoms with Crippen molar-refractivity contribution in [1.29, 1.82) is 0 Å². The van der Waals surface area contributed by atoms with Crippen molar-refractivity contribution < 1.29 is 14.5 Å². The molecule has 0 saturated carbocycles. The molecule has 3 rings (SSSR count). The maximum Gasteiger partial charge on any atom is 0.234 e. The van der Waals surface area contributed by atoms with E-state index in [0.29, 0.717) is 15.0 Å². The maximum atomic E-state index is 12.5. The molecule has 2 N–H and O–H groups in total. The van der Waals surface area contributed by atoms with E-state index in [1.165, 1.54) is 17.4 Å². The van der Waals surface area contributed by atoms with Crippen LogP contribution < -0.4 is 5.32 Å². The van der Waals surface area contributed by atoms with Crippen LogP contribution >= 0.6 is 22.9 Å². The van der Waals surface area contributed by atoms with E-state index in [4.69, 9.17) is 11.6 Å². The van der Waals surface area contributed by atoms with Gasteiger partial charge in [0.25, 0.3) is 0 Å². The number of carbonyl (C=O) groups excluding carboxylic acids is 1. The average Bonchev–Trinajstić information content (AvgIpc) is 2.88. The third-order valence-corrected chi connectivity index (χ3v) is 5.75. The molecule has 2 aromatic rings. The number of aliphatic hydroxyl groups excluding tert-OH is 1. The van der Waals surface area contributed by atoms with Gasteiger partial charge in [0.1, 0.15) is 22.1 Å². The van der Waals surface area contributed by atoms with Gasteiger partial charge in [0.15, 0.2) is 5.70 Å². The Hall–Kier alpha value is -1.74. The first-order valence-corrected chi connectivity index (χ1v) is 8.40. The number of nitrogens with one attached hydrogen (secondary N) is 1. The summed E-state index contributed by atoms with van der Waals surface area (Å²) in [5.41, 5.74) is -0.0880. The number of anilines is 1. The van der Waals surface area contributed by atoms with Gasteiger partial charge in [0, 0.05) is 12.3 Å². The van der Waals surface area contributed by atoms with Gasteiger partial charge in [0.05, 0.1) is 11.4 Å². The Morgan fingerprint density at radius 2 is 2.32 bits per heavy atom. The number of carbonyl (C=O) groups is 1. The molecular formula is C13H10ClN3O3S2. The monoisotopic (exact) mass is 355 g/mol. The van der Waals surface area contributed by atoms with Crippen LogP contribution in [0.5, 0.6) is 0 Å². The summed E-state index contributed by atoms with van der Waals surface area (Å²) in [7, 11) is 1.47. The number of likely N-dealkylation sites (N-methyl/N-ethyl adjacent to an activating group) is 1. The Balaban J connectivity index is 2.03. The van der Waals surface area contributed by atoms with Crippen LogP contribution in [-0.2, 0) is 11.4 Å². The third-order valence-electron chi connectivity index (χ3n) is 2.98. The lowest BCUT2D eigenvalue weighted by Crippen LogP contribution is -2.37. The van der Waals surface area contributed by atoms with Crippen molar-refractivity contribution in [3.63, 3.8) is 0 Å². The van der Waals surface area contributed by atoms with Crippen molar-refractivity contribution in [1.82, 2.24) is 9.29 Å². The van der Waals surface area contributed by atoms with Crippen molar-refractivity contribution in [2.24, 2.45) is 0 Å². The summed E-state index contributed by atoms with van der Waals surface area (Å²) in [6, 6.07) is 6.60. The van der Waals surface area contributed by atoms with Gasteiger partial charge in [0.2, 0.25) is 16.6 Å². The van der Waals surface area contributed by atoms with E-state index >= 15 is 0 Å². The van der Waals surface area contributed by atoms with Crippen molar-refractivity contribution in [3.8, 4) is 0 Å². The number of aliphatic hydroxyl groups is 1. The first-order valence-electron chi connectivity index (χ1n) is 6.10. The first-order chi connectivity index (χ1) is 10.5. The fourth-order valence-corrected chi connectivity index (χ4v) is 4.63. The second kappa shape index (κ2) is 5.81. The zero-order chi connectivity index (χ0) is 15.9. The molecule has 2 aromatic heterocycles. The topological polar surface area (TPSA) is 88.5 Å². The highest BCUT2D eigenvalue weighted by atomic mass is 35.5. The second-order valence-corrected chi connectivity index (χ2v) is 7.53. The molecule has 114 valence electrons. The average molecular weight is 356 g/mol. The van der Waals surface area contributed by atoms with E-state index in [1.807, 2.05) is 0 Å². The summed E-state index contributed by atoms with van der Waals surface area (Å²) in [5, 5.41) is 12.9. The van der Waals surface area contributed by atoms with Crippen LogP contribution in [0.2, 0.25) is 4.34 Å². The van der Waals surface area contributed by atoms with Crippen LogP contribution in [0.1, 0.15) is 9.67 Å². The standard InChI is InChI=1S/C13H10ClN3O3S2/c1-17-10(13(19)16-9-4-2-3-5-15-9)11(18)12-7(22(17)20)6-8(14)21-12/h2-6,19H,1H3,(H,15,16)/b13-10+. The number of fused-ring (bicyclic) bond motifs is 1. The van der Waals surface area contributed by atoms with E-state index in [1.54, 1.807) is 24.4 Å². The van der Waals surface area contributed by atoms with E-state index in [-0.39, 0.29) is 10.6 Å². The van der Waals surface area contributed by atoms with E-state index in [0.717, 1.165) is 11.3 Å². The number of hydrogen-bond acceptors (Lipinski definition) is 7. The minimum absolute atomic E-state index is 0.0880. The minimum Gasteiger partial charge on any atom is -0.588 e. The SMILES string of the molecule is CN1/C(=C(/O)Nc2ccccn2)C(=O)c2sc(Cl)cc2[S+]1[O-]. The largest absolute Gasteiger partial charge is 0.588 e. The first kappa shape index (κ1) is 15.2. The number of pyridine rings is 1. The zero-order valence-electron chi connectivity index (χ0n) is 11.2. The van der Waals surface area contributed by atoms with E-state index in [2.05, 4.69) is 10.3 Å². The Morgan fingerprint density at radius 1 is 1.55 bits per heavy atom. The summed E-state index contributed by atoms with van der Waals surface area (Å²) < 4.78 is 14.0. The van der Waals surface area contributed by atoms with Crippen LogP contribution in [0.15, 0.2) is 46.9 Å². The van der Waals surface area contributed by atoms with Crippen molar-refractivity contribution in [2.75, 3.05) is 12.4 Å². The zero-order valence-corrected chi connectivity index (χ0v) is 13.6. The minimum atomic E-state index is -1.61. The van der Waals surface area contributed by atoms with E-state index < -0.39 is 23.0 Å². The Kier molecular flexibility index (Phi) is 4.00. The number of halogens is 1. The molecule has 6 nitrogen and oxygen atoms in total. The fourth-order valence-electron chi connectivity index (χ4n) is 1.99. The number of Topliss-reactive ketones (excluding diaryl/α,β-unsaturated/α-hetero) is 1. The predicted molar refractivity (Wildman–Crippen MR) is 85.3 cm³/mol. The second-order valence-electron chi connectivity index (χ2n) is 4.36. The molecule has 1 unspecified atom stereocenters. The van der Waals surface area contributed by atoms with Crippen molar-refractivity contribution >= 4 is 45.9 Å². The Morgan fingerprint density at radius 3 is 3.00 bits per heavy atom. The van der Waals surface area contributed by atoms with Gasteiger partial charge < -0.3 is 15.0 Å². The Labute approximate surface area is 138 Å². The van der Waals surface area contributed by atoms with Gasteiger partial charge >= 0.3 is 0 Å². The number of thiophene rings is 1. The summed E-state index contributed by atoms with van der Waals surface area (Å²) in [6.45, 7) is 0. The maximum absolute atomic E-state index is 12.5. The van der Waals surface area contributed by atoms with Gasteiger partial charge in [-0.1, -0.05) is 17.7 Å². The lowest BCUT2D eigenvalue weighted by Gasteiger charge is -2.27. The quantitative estimate of drug-likeness (QED) is 0.489. The molecule has 0 spiro atoms. The molecule has 3 heterocycles. The summed E-state index contributed by atoms with van der Waals surface area (Å²) >= 11 is 5.33. The highest BCUT2D eigenvalue weighted by molar-refractivity contribution is 7.89. The van der Waals surface area contributed by atoms with Crippen molar-refractivity contribution in [3.05, 3.63) is 51.3 Å². The number of hydrogen-bond donors (Lipinski definition) is 2. The van der Waals surface area contributed by atoms with Crippen LogP contribution in [0.3, 0.4) is 0 Å². The van der Waals surface area contributed by atoms with Gasteiger partial charge in [-0.25, -0.2) is 4.98 Å². The normalized spacial score (nSPS) is 19.9. The summed E-state index contributed by atoms with van der Waals surface area (Å²) in [4.78, 5) is 17.1. The Bertz CT molecular complexity index is 763. The van der Waals surface area contributed by atoms with Crippen LogP contribution in [-0.4, -0.2) is 31.8 Å². The molecule has 0 aliphatic carbocycles. The molecule has 1 atom stereocenters. The molecule has 1 aliphatic heterocycles. The molecular weight excluding hydrogens is 346 g/mol. The molecule has 0 radical (unpaired) electrons. The molecule has 1 aliphatic rings. The van der Waals surface area contributed by atoms with Crippen LogP contribution in [0.4, 0.5) is 5.82 Å². The molecule has 0 saturated heterocycles. The molecule has 0 bridgehead atoms. The fraction of sp³-hybridized carbons (Fsp3) is 0.0769. The van der Waals surface area contributed by atoms with Gasteiger partial charge in [-0.15, -0.1) is 11.3 Å².